The van der Waals surface area contributed by atoms with Gasteiger partial charge in [-0.05, 0) is 249 Å². The number of nitrogens with two attached hydrogens (primary N) is 1. The Morgan fingerprint density at radius 2 is 0.815 bits per heavy atom. The fraction of sp³-hybridized carbons (Fsp3) is 0.732. The molecule has 2 N–H and O–H groups in total. The van der Waals surface area contributed by atoms with Gasteiger partial charge < -0.3 is 29.5 Å². The van der Waals surface area contributed by atoms with Crippen molar-refractivity contribution >= 4 is 63.3 Å². The van der Waals surface area contributed by atoms with Crippen molar-refractivity contribution in [1.82, 2.24) is 10.1 Å². The van der Waals surface area contributed by atoms with E-state index in [1.807, 2.05) is 71.9 Å². The highest BCUT2D eigenvalue weighted by Gasteiger charge is 2.76. The summed E-state index contributed by atoms with van der Waals surface area (Å²) in [4.78, 5) is 130. The van der Waals surface area contributed by atoms with E-state index in [2.05, 4.69) is 134 Å². The van der Waals surface area contributed by atoms with Gasteiger partial charge in [0.15, 0.2) is 34.7 Å². The minimum absolute atomic E-state index is 0. The van der Waals surface area contributed by atoms with Crippen LogP contribution in [-0.2, 0) is 48.6 Å². The van der Waals surface area contributed by atoms with Crippen molar-refractivity contribution in [2.24, 2.45) is 156 Å². The van der Waals surface area contributed by atoms with Crippen molar-refractivity contribution in [2.75, 3.05) is 0 Å². The molecule has 1 aromatic heterocycles. The van der Waals surface area contributed by atoms with Crippen LogP contribution in [0, 0.1) is 165 Å². The summed E-state index contributed by atoms with van der Waals surface area (Å²) in [5, 5.41) is 6.64. The predicted octanol–water partition coefficient (Wildman–Crippen LogP) is 27.2. The number of aromatic nitrogens is 2. The first-order valence-electron chi connectivity index (χ1n) is 64.7. The Balaban J connectivity index is -0.000000265. The Morgan fingerprint density at radius 1 is 0.496 bits per heavy atom. The first-order valence-corrected chi connectivity index (χ1v) is 44.1. The molecule has 0 radical (unpaired) electrons. The lowest BCUT2D eigenvalue weighted by Gasteiger charge is -2.69. The molecule has 0 saturated heterocycles. The number of hydrogen-bond donors (Lipinski definition) is 1. The Morgan fingerprint density at radius 3 is 1.17 bits per heavy atom. The number of nitrogens with zero attached hydrogens (tertiary/aromatic N) is 6. The SMILES string of the molecule is [3HH].[3H][3H].[3H][3H].[3H][3H].[3H][3H].[3H][3H].[3H][3H].[3H][3H].[3H][3H].[3H][3H].[3H][3H].[3H][3H].[3H][3H].[3H][3H].[3H][3H].[3H][3H].[3H][3H].[3H][3H].[3H][3H].[3H][3H].[3H][3H].[3H][3H].[C-]#[N+]C1=C[C@]2(C)C3=CC(=O)[C@@H]4[C@@H]5CC(C)(C)CC[C@]5(C(=O)Cl)CC[C@@]4(C)[C@]3(C)CC[C@H]2C(C)(C)C1=O.[C-]#[N+]C1=C[C@]2(C)C3=CC(=O)[C@@H]4[C@@H]5CC(C)(C)CC[C@]5(C(=O)ON=C(N)C(F)F)CC[C@@]4(C)[C@]3(C)CC[C@H]2C(C)(C)C1=O.[C-]#[N+]C1=C[C@]2(C)C3=CC(=O)[C@@H]4[C@@H]5CC(C)(C)CC[C@]5(c5nc(C(F)F)no5)CC[C@@]4(C)[C@]3(C)CC[C@H]2C(C)(C)C1=O. The number of carbonyl (C=O) groups is 8. The molecule has 0 aliphatic heterocycles. The summed E-state index contributed by atoms with van der Waals surface area (Å²) in [6.07, 6.45) is 20.9. The van der Waals surface area contributed by atoms with Crippen molar-refractivity contribution in [3.63, 3.8) is 0 Å². The lowest BCUT2D eigenvalue weighted by molar-refractivity contribution is -0.193. The molecule has 1 heterocycles. The number of amidine groups is 1. The number of allylic oxidation sites excluding steroid dienone is 12. The Labute approximate surface area is 772 Å². The molecule has 0 unspecified atom stereocenters. The molecule has 0 amide bonds. The van der Waals surface area contributed by atoms with Crippen molar-refractivity contribution < 1.29 is 129 Å². The molecule has 21 atom stereocenters. The summed E-state index contributed by atoms with van der Waals surface area (Å²) in [6, 6.07) is 0. The van der Waals surface area contributed by atoms with E-state index in [9.17, 15) is 55.9 Å². The summed E-state index contributed by atoms with van der Waals surface area (Å²) in [5.41, 5.74) is 0.435. The number of halogens is 5. The van der Waals surface area contributed by atoms with E-state index < -0.39 is 101 Å². The van der Waals surface area contributed by atoms with Crippen LogP contribution in [0.5, 0.6) is 0 Å². The fourth-order valence-electron chi connectivity index (χ4n) is 30.6. The van der Waals surface area contributed by atoms with Crippen LogP contribution in [-0.4, -0.2) is 68.3 Å². The van der Waals surface area contributed by atoms with Gasteiger partial charge in [-0.25, -0.2) is 36.9 Å². The highest BCUT2D eigenvalue weighted by molar-refractivity contribution is 6.64. The average Bonchev–Trinajstić information content (AvgIpc) is 0.744. The number of fused-ring (bicyclic) bond motifs is 21. The largest absolute Gasteiger partial charge is 0.380 e. The third-order valence-electron chi connectivity index (χ3n) is 37.8. The van der Waals surface area contributed by atoms with E-state index in [0.717, 1.165) is 119 Å². The van der Waals surface area contributed by atoms with Crippen LogP contribution in [0.3, 0.4) is 0 Å². The molecule has 0 bridgehead atoms. The Hall–Kier alpha value is -7.31. The number of alkyl halides is 4. The van der Waals surface area contributed by atoms with Gasteiger partial charge in [0.25, 0.3) is 6.43 Å². The number of hydrogen-bond acceptors (Lipinski definition) is 13. The van der Waals surface area contributed by atoms with Gasteiger partial charge in [-0.1, -0.05) is 191 Å². The van der Waals surface area contributed by atoms with Crippen molar-refractivity contribution in [3.8, 4) is 0 Å². The average molecular weight is 1790 g/mol. The molecule has 17 nitrogen and oxygen atoms in total. The Bertz CT molecular complexity index is 5130. The van der Waals surface area contributed by atoms with Gasteiger partial charge in [-0.15, -0.1) is 0 Å². The van der Waals surface area contributed by atoms with Crippen LogP contribution in [0.4, 0.5) is 17.6 Å². The smallest absolute Gasteiger partial charge is 0.341 e. The molecule has 1 aromatic rings. The van der Waals surface area contributed by atoms with E-state index in [0.29, 0.717) is 32.1 Å². The molecule has 119 heavy (non-hydrogen) atoms. The molecule has 9 fully saturated rings. The van der Waals surface area contributed by atoms with Gasteiger partial charge >= 0.3 is 12.4 Å². The zero-order chi connectivity index (χ0) is 130. The van der Waals surface area contributed by atoms with E-state index >= 15 is 0 Å². The fourth-order valence-corrected chi connectivity index (χ4v) is 30.9. The van der Waals surface area contributed by atoms with Crippen LogP contribution in [0.25, 0.3) is 14.5 Å². The first-order chi connectivity index (χ1) is 75.8. The number of oxime groups is 1. The second-order valence-corrected chi connectivity index (χ2v) is 46.2. The summed E-state index contributed by atoms with van der Waals surface area (Å²) in [6.45, 7) is 68.0. The van der Waals surface area contributed by atoms with Crippen LogP contribution < -0.4 is 5.73 Å². The minimum Gasteiger partial charge on any atom is -0.380 e. The summed E-state index contributed by atoms with van der Waals surface area (Å²) >= 11 is 6.37. The molecule has 15 aliphatic carbocycles. The van der Waals surface area contributed by atoms with E-state index in [1.165, 1.54) is 0 Å². The number of carbonyl (C=O) groups excluding carboxylic acids is 8. The van der Waals surface area contributed by atoms with Gasteiger partial charge in [0.1, 0.15) is 0 Å². The monoisotopic (exact) mass is 1790 g/mol. The summed E-state index contributed by atoms with van der Waals surface area (Å²) in [5.74, 6) is -3.88. The standard InChI is InChI=1S/C33H43F2N3O4.C33H41F2N3O3.C31H40ClNO3.22H2/c1-28(2)11-13-33(27(41)42-38-26(36)25(34)35)14-12-32(7)23(18(33)16-28)20(39)15-22-30(5)17-19(37-8)24(40)29(3,4)21(30)9-10-31(22,32)6;1-28(2)11-13-33(27-37-26(25(34)35)38-41-27)14-12-32(7)23(18(33)16-28)20(39)15-22-30(5)17-19(36-8)24(40)29(3,4)21(30)9-10-31(22,32)6;1-26(2)11-13-31(25(32)36)14-12-30(7)23(18(31)16-26)20(34)15-22-28(5)17-19(33-8)24(35)27(3,4)21(28)9-10-29(22,30)6;;;;;;;;;;;;;;;;;;;;;;/h15,17-18,21,23,25H,9-14,16H2,1-7H3,(H2,36,38);15,17-18,21,23,25H,9-14,16H2,1-7H3;15,17-18,21,23H,9-14,16H2,1-7H3;22*1H/t2*18-,21-,23-,30-,31+,32+,33-;18-,21-,23-,28-,29+,30+,31-;;;;;;;;;;;;;;;;;;;;;;/m000....................../s1/i;;;21*1+2T;1+2. The van der Waals surface area contributed by atoms with Crippen LogP contribution in [0.1, 0.15) is 362 Å². The maximum absolute atomic E-state index is 14.6. The highest BCUT2D eigenvalue weighted by Crippen LogP contribution is 2.80. The van der Waals surface area contributed by atoms with E-state index in [-0.39, 0.29) is 144 Å². The van der Waals surface area contributed by atoms with Crippen molar-refractivity contribution in [3.05, 3.63) is 116 Å². The maximum Gasteiger partial charge on any atom is 0.341 e. The molecule has 686 valence electrons. The number of ketones is 6. The third kappa shape index (κ3) is 12.0. The highest BCUT2D eigenvalue weighted by atomic mass is 35.5. The molecule has 9 saturated carbocycles. The van der Waals surface area contributed by atoms with Gasteiger partial charge in [0.05, 0.1) is 30.5 Å². The normalized spacial score (nSPS) is 45.2. The van der Waals surface area contributed by atoms with Gasteiger partial charge in [0, 0.05) is 119 Å². The van der Waals surface area contributed by atoms with E-state index in [1.54, 1.807) is 6.08 Å². The third-order valence-corrected chi connectivity index (χ3v) is 38.2. The zero-order valence-electron chi connectivity index (χ0n) is 116. The quantitative estimate of drug-likeness (QED) is 0.0531. The van der Waals surface area contributed by atoms with Gasteiger partial charge in [-0.2, -0.15) is 4.98 Å². The van der Waals surface area contributed by atoms with E-state index in [4.69, 9.17) is 109 Å². The molecule has 22 heteroatoms. The molecular formula is C97H168ClF4N7O10. The molecule has 15 aliphatic rings. The summed E-state index contributed by atoms with van der Waals surface area (Å²) in [7, 11) is 0. The van der Waals surface area contributed by atoms with Gasteiger partial charge in [0.2, 0.25) is 39.9 Å². The number of Topliss-reactive ketones (excluding diaryl/α,β-unsaturated/α-hetero) is 3. The molecular weight excluding hydrogens is 1530 g/mol. The van der Waals surface area contributed by atoms with Crippen LogP contribution in [0.15, 0.2) is 79.9 Å². The second kappa shape index (κ2) is 27.6. The Kier molecular flexibility index (Phi) is 15.0. The molecule has 16 rings (SSSR count). The predicted molar refractivity (Wildman–Crippen MR) is 489 cm³/mol. The maximum atomic E-state index is 14.6. The molecule has 0 spiro atoms. The van der Waals surface area contributed by atoms with Crippen molar-refractivity contribution in [1.29, 1.82) is 0 Å². The number of rotatable bonds is 6. The minimum atomic E-state index is -3.04. The van der Waals surface area contributed by atoms with Gasteiger partial charge in [-0.3, -0.25) is 19.2 Å². The lowest BCUT2D eigenvalue weighted by atomic mass is 9.34. The van der Waals surface area contributed by atoms with Crippen LogP contribution >= 0.6 is 11.6 Å². The topological polar surface area (TPSA) is 236 Å². The first kappa shape index (κ1) is 64.5. The zero-order valence-corrected chi connectivity index (χ0v) is 74.7. The molecule has 0 aromatic carbocycles. The van der Waals surface area contributed by atoms with Crippen LogP contribution in [0.2, 0.25) is 0 Å². The summed E-state index contributed by atoms with van der Waals surface area (Å²) < 4.78 is 269. The lowest BCUT2D eigenvalue weighted by Crippen LogP contribution is -2.65. The second-order valence-electron chi connectivity index (χ2n) is 45.9. The van der Waals surface area contributed by atoms with Crippen molar-refractivity contribution in [2.45, 2.75) is 299 Å².